The fourth-order valence-corrected chi connectivity index (χ4v) is 2.49. The second-order valence-corrected chi connectivity index (χ2v) is 4.84. The van der Waals surface area contributed by atoms with Gasteiger partial charge in [-0.1, -0.05) is 12.1 Å². The lowest BCUT2D eigenvalue weighted by Crippen LogP contribution is -2.42. The number of carbonyl (C=O) groups is 2. The minimum absolute atomic E-state index is 0.105. The van der Waals surface area contributed by atoms with Crippen LogP contribution in [0.2, 0.25) is 0 Å². The van der Waals surface area contributed by atoms with Crippen molar-refractivity contribution in [2.24, 2.45) is 0 Å². The summed E-state index contributed by atoms with van der Waals surface area (Å²) in [5.74, 6) is -0.293. The summed E-state index contributed by atoms with van der Waals surface area (Å²) in [6.07, 6.45) is 1.66. The zero-order valence-corrected chi connectivity index (χ0v) is 11.5. The van der Waals surface area contributed by atoms with Crippen LogP contribution in [-0.4, -0.2) is 41.1 Å². The van der Waals surface area contributed by atoms with Crippen molar-refractivity contribution in [2.45, 2.75) is 32.2 Å². The molecule has 1 fully saturated rings. The van der Waals surface area contributed by atoms with Crippen molar-refractivity contribution in [1.82, 2.24) is 4.90 Å². The Labute approximate surface area is 118 Å². The van der Waals surface area contributed by atoms with Crippen LogP contribution in [0.15, 0.2) is 24.3 Å². The molecule has 1 heterocycles. The third-order valence-corrected chi connectivity index (χ3v) is 3.40. The van der Waals surface area contributed by atoms with Crippen molar-refractivity contribution >= 4 is 11.9 Å². The van der Waals surface area contributed by atoms with Gasteiger partial charge in [0, 0.05) is 6.54 Å². The van der Waals surface area contributed by atoms with Gasteiger partial charge in [-0.15, -0.1) is 0 Å². The maximum absolute atomic E-state index is 12.3. The molecule has 0 aliphatic carbocycles. The molecule has 1 aliphatic heterocycles. The van der Waals surface area contributed by atoms with Crippen molar-refractivity contribution in [3.8, 4) is 5.75 Å². The summed E-state index contributed by atoms with van der Waals surface area (Å²) in [6, 6.07) is 6.15. The average molecular weight is 277 g/mol. The van der Waals surface area contributed by atoms with E-state index in [1.165, 1.54) is 0 Å². The van der Waals surface area contributed by atoms with E-state index in [0.717, 1.165) is 12.0 Å². The number of likely N-dealkylation sites (tertiary alicyclic amines) is 1. The number of hydrogen-bond acceptors (Lipinski definition) is 4. The lowest BCUT2D eigenvalue weighted by atomic mass is 10.1. The number of benzene rings is 1. The largest absolute Gasteiger partial charge is 0.508 e. The highest BCUT2D eigenvalue weighted by atomic mass is 16.5. The molecule has 1 saturated heterocycles. The molecule has 0 bridgehead atoms. The molecular formula is C15H19NO4. The van der Waals surface area contributed by atoms with Crippen molar-refractivity contribution in [3.05, 3.63) is 29.8 Å². The van der Waals surface area contributed by atoms with E-state index in [1.807, 2.05) is 0 Å². The maximum atomic E-state index is 12.3. The maximum Gasteiger partial charge on any atom is 0.328 e. The molecule has 0 unspecified atom stereocenters. The number of phenols is 1. The third-order valence-electron chi connectivity index (χ3n) is 3.40. The third kappa shape index (κ3) is 3.29. The first-order chi connectivity index (χ1) is 9.61. The summed E-state index contributed by atoms with van der Waals surface area (Å²) in [7, 11) is 0. The number of amides is 1. The molecule has 0 aromatic heterocycles. The zero-order valence-electron chi connectivity index (χ0n) is 11.5. The molecular weight excluding hydrogens is 258 g/mol. The highest BCUT2D eigenvalue weighted by Crippen LogP contribution is 2.20. The van der Waals surface area contributed by atoms with E-state index in [2.05, 4.69) is 0 Å². The SMILES string of the molecule is CCOC(=O)[C@H]1CCCN1C(=O)Cc1cccc(O)c1. The van der Waals surface area contributed by atoms with Gasteiger partial charge in [0.15, 0.2) is 0 Å². The van der Waals surface area contributed by atoms with Crippen LogP contribution in [0.5, 0.6) is 5.75 Å². The molecule has 5 heteroatoms. The van der Waals surface area contributed by atoms with Crippen LogP contribution in [0.3, 0.4) is 0 Å². The number of aromatic hydroxyl groups is 1. The van der Waals surface area contributed by atoms with E-state index in [9.17, 15) is 14.7 Å². The molecule has 0 radical (unpaired) electrons. The van der Waals surface area contributed by atoms with Gasteiger partial charge in [0.1, 0.15) is 11.8 Å². The van der Waals surface area contributed by atoms with Gasteiger partial charge in [-0.3, -0.25) is 4.79 Å². The lowest BCUT2D eigenvalue weighted by Gasteiger charge is -2.23. The summed E-state index contributed by atoms with van der Waals surface area (Å²) in [5.41, 5.74) is 0.740. The summed E-state index contributed by atoms with van der Waals surface area (Å²) in [4.78, 5) is 25.7. The molecule has 0 spiro atoms. The van der Waals surface area contributed by atoms with Gasteiger partial charge in [-0.2, -0.15) is 0 Å². The Bertz CT molecular complexity index is 500. The first-order valence-electron chi connectivity index (χ1n) is 6.86. The summed E-state index contributed by atoms with van der Waals surface area (Å²) in [5, 5.41) is 9.40. The van der Waals surface area contributed by atoms with E-state index in [4.69, 9.17) is 4.74 Å². The van der Waals surface area contributed by atoms with Crippen LogP contribution < -0.4 is 0 Å². The molecule has 1 aromatic carbocycles. The fraction of sp³-hybridized carbons (Fsp3) is 0.467. The lowest BCUT2D eigenvalue weighted by molar-refractivity contribution is -0.152. The molecule has 5 nitrogen and oxygen atoms in total. The van der Waals surface area contributed by atoms with Crippen LogP contribution >= 0.6 is 0 Å². The number of ether oxygens (including phenoxy) is 1. The smallest absolute Gasteiger partial charge is 0.328 e. The van der Waals surface area contributed by atoms with E-state index >= 15 is 0 Å². The number of esters is 1. The monoisotopic (exact) mass is 277 g/mol. The Hall–Kier alpha value is -2.04. The van der Waals surface area contributed by atoms with E-state index in [0.29, 0.717) is 19.6 Å². The van der Waals surface area contributed by atoms with E-state index in [1.54, 1.807) is 36.1 Å². The first-order valence-corrected chi connectivity index (χ1v) is 6.86. The number of carbonyl (C=O) groups excluding carboxylic acids is 2. The van der Waals surface area contributed by atoms with Gasteiger partial charge < -0.3 is 14.7 Å². The molecule has 2 rings (SSSR count). The first kappa shape index (κ1) is 14.4. The van der Waals surface area contributed by atoms with Crippen molar-refractivity contribution in [3.63, 3.8) is 0 Å². The number of rotatable bonds is 4. The molecule has 1 N–H and O–H groups in total. The standard InChI is InChI=1S/C15H19NO4/c1-2-20-15(19)13-7-4-8-16(13)14(18)10-11-5-3-6-12(17)9-11/h3,5-6,9,13,17H,2,4,7-8,10H2,1H3/t13-/m1/s1. The zero-order chi connectivity index (χ0) is 14.5. The molecule has 1 aromatic rings. The Morgan fingerprint density at radius 2 is 2.25 bits per heavy atom. The van der Waals surface area contributed by atoms with Crippen molar-refractivity contribution in [2.75, 3.05) is 13.2 Å². The topological polar surface area (TPSA) is 66.8 Å². The fourth-order valence-electron chi connectivity index (χ4n) is 2.49. The van der Waals surface area contributed by atoms with Gasteiger partial charge in [0.2, 0.25) is 5.91 Å². The average Bonchev–Trinajstić information content (AvgIpc) is 2.88. The predicted octanol–water partition coefficient (Wildman–Crippen LogP) is 1.49. The van der Waals surface area contributed by atoms with Crippen LogP contribution in [0.1, 0.15) is 25.3 Å². The van der Waals surface area contributed by atoms with E-state index in [-0.39, 0.29) is 24.0 Å². The minimum atomic E-state index is -0.459. The number of nitrogens with zero attached hydrogens (tertiary/aromatic N) is 1. The summed E-state index contributed by atoms with van der Waals surface area (Å²) >= 11 is 0. The Kier molecular flexibility index (Phi) is 4.61. The molecule has 108 valence electrons. The van der Waals surface area contributed by atoms with Gasteiger partial charge >= 0.3 is 5.97 Å². The van der Waals surface area contributed by atoms with Gasteiger partial charge in [0.05, 0.1) is 13.0 Å². The second-order valence-electron chi connectivity index (χ2n) is 4.84. The van der Waals surface area contributed by atoms with Crippen molar-refractivity contribution in [1.29, 1.82) is 0 Å². The van der Waals surface area contributed by atoms with Gasteiger partial charge in [-0.05, 0) is 37.5 Å². The number of hydrogen-bond donors (Lipinski definition) is 1. The highest BCUT2D eigenvalue weighted by molar-refractivity contribution is 5.86. The molecule has 20 heavy (non-hydrogen) atoms. The molecule has 1 aliphatic rings. The Balaban J connectivity index is 2.02. The van der Waals surface area contributed by atoms with E-state index < -0.39 is 6.04 Å². The quantitative estimate of drug-likeness (QED) is 0.847. The Morgan fingerprint density at radius 3 is 2.95 bits per heavy atom. The predicted molar refractivity (Wildman–Crippen MR) is 73.2 cm³/mol. The molecule has 0 saturated carbocycles. The van der Waals surface area contributed by atoms with Crippen LogP contribution in [0.4, 0.5) is 0 Å². The Morgan fingerprint density at radius 1 is 1.45 bits per heavy atom. The van der Waals surface area contributed by atoms with Crippen LogP contribution in [0, 0.1) is 0 Å². The van der Waals surface area contributed by atoms with Crippen molar-refractivity contribution < 1.29 is 19.4 Å². The number of phenolic OH excluding ortho intramolecular Hbond substituents is 1. The summed E-state index contributed by atoms with van der Waals surface area (Å²) in [6.45, 7) is 2.66. The minimum Gasteiger partial charge on any atom is -0.508 e. The van der Waals surface area contributed by atoms with Crippen LogP contribution in [0.25, 0.3) is 0 Å². The highest BCUT2D eigenvalue weighted by Gasteiger charge is 2.34. The second kappa shape index (κ2) is 6.41. The van der Waals surface area contributed by atoms with Gasteiger partial charge in [0.25, 0.3) is 0 Å². The molecule has 1 amide bonds. The van der Waals surface area contributed by atoms with Gasteiger partial charge in [-0.25, -0.2) is 4.79 Å². The van der Waals surface area contributed by atoms with Crippen LogP contribution in [-0.2, 0) is 20.7 Å². The molecule has 1 atom stereocenters. The normalized spacial score (nSPS) is 18.1. The summed E-state index contributed by atoms with van der Waals surface area (Å²) < 4.78 is 5.00.